The van der Waals surface area contributed by atoms with Crippen LogP contribution in [-0.2, 0) is 0 Å². The van der Waals surface area contributed by atoms with Crippen LogP contribution in [0.5, 0.6) is 5.75 Å². The predicted octanol–water partition coefficient (Wildman–Crippen LogP) is 2.88. The molecule has 1 aromatic carbocycles. The Bertz CT molecular complexity index is 288. The third-order valence-corrected chi connectivity index (χ3v) is 1.85. The van der Waals surface area contributed by atoms with E-state index in [0.717, 1.165) is 7.11 Å². The predicted molar refractivity (Wildman–Crippen MR) is 40.6 cm³/mol. The van der Waals surface area contributed by atoms with Crippen molar-refractivity contribution >= 4 is 15.9 Å². The van der Waals surface area contributed by atoms with Crippen molar-refractivity contribution in [3.05, 3.63) is 28.0 Å². The molecule has 0 amide bonds. The van der Waals surface area contributed by atoms with Gasteiger partial charge in [0.2, 0.25) is 5.82 Å². The van der Waals surface area contributed by atoms with Gasteiger partial charge in [0.1, 0.15) is 0 Å². The van der Waals surface area contributed by atoms with Crippen molar-refractivity contribution < 1.29 is 17.9 Å². The van der Waals surface area contributed by atoms with Gasteiger partial charge in [-0.15, -0.1) is 0 Å². The summed E-state index contributed by atoms with van der Waals surface area (Å²) < 4.78 is 42.3. The zero-order chi connectivity index (χ0) is 9.30. The number of hydrogen-bond donors (Lipinski definition) is 0. The van der Waals surface area contributed by atoms with Gasteiger partial charge in [-0.2, -0.15) is 4.39 Å². The van der Waals surface area contributed by atoms with Crippen LogP contribution in [0.2, 0.25) is 0 Å². The first kappa shape index (κ1) is 9.38. The van der Waals surface area contributed by atoms with E-state index >= 15 is 0 Å². The molecular weight excluding hydrogens is 237 g/mol. The summed E-state index contributed by atoms with van der Waals surface area (Å²) in [5.74, 6) is -4.14. The van der Waals surface area contributed by atoms with E-state index in [1.54, 1.807) is 0 Å². The molecule has 0 heterocycles. The van der Waals surface area contributed by atoms with Crippen LogP contribution in [-0.4, -0.2) is 7.11 Å². The van der Waals surface area contributed by atoms with E-state index in [1.165, 1.54) is 0 Å². The second-order valence-corrected chi connectivity index (χ2v) is 2.86. The Kier molecular flexibility index (Phi) is 2.62. The minimum absolute atomic E-state index is 0.168. The van der Waals surface area contributed by atoms with Crippen molar-refractivity contribution in [3.8, 4) is 5.75 Å². The van der Waals surface area contributed by atoms with Gasteiger partial charge in [0, 0.05) is 0 Å². The molecule has 0 spiro atoms. The SMILES string of the molecule is COc1c(F)c(F)cc(Br)c1F. The first-order valence-corrected chi connectivity index (χ1v) is 3.74. The summed E-state index contributed by atoms with van der Waals surface area (Å²) in [6.45, 7) is 0. The summed E-state index contributed by atoms with van der Waals surface area (Å²) in [6.07, 6.45) is 0. The summed E-state index contributed by atoms with van der Waals surface area (Å²) in [6, 6.07) is 0.702. The minimum atomic E-state index is -1.32. The number of rotatable bonds is 1. The number of ether oxygens (including phenoxy) is 1. The monoisotopic (exact) mass is 240 g/mol. The highest BCUT2D eigenvalue weighted by atomic mass is 79.9. The van der Waals surface area contributed by atoms with Crippen molar-refractivity contribution in [2.24, 2.45) is 0 Å². The highest BCUT2D eigenvalue weighted by Gasteiger charge is 2.17. The Hall–Kier alpha value is -0.710. The lowest BCUT2D eigenvalue weighted by Crippen LogP contribution is -1.96. The molecule has 0 radical (unpaired) electrons. The lowest BCUT2D eigenvalue weighted by molar-refractivity contribution is 0.345. The normalized spacial score (nSPS) is 10.1. The van der Waals surface area contributed by atoms with Gasteiger partial charge in [-0.25, -0.2) is 8.78 Å². The molecule has 5 heteroatoms. The lowest BCUT2D eigenvalue weighted by atomic mass is 10.3. The van der Waals surface area contributed by atoms with Gasteiger partial charge in [0.15, 0.2) is 17.4 Å². The lowest BCUT2D eigenvalue weighted by Gasteiger charge is -2.04. The Balaban J connectivity index is 3.42. The van der Waals surface area contributed by atoms with E-state index < -0.39 is 23.2 Å². The van der Waals surface area contributed by atoms with E-state index in [2.05, 4.69) is 20.7 Å². The Labute approximate surface area is 75.3 Å². The summed E-state index contributed by atoms with van der Waals surface area (Å²) in [4.78, 5) is 0. The fourth-order valence-corrected chi connectivity index (χ4v) is 1.11. The molecule has 12 heavy (non-hydrogen) atoms. The molecule has 0 N–H and O–H groups in total. The van der Waals surface area contributed by atoms with E-state index in [1.807, 2.05) is 0 Å². The summed E-state index contributed by atoms with van der Waals surface area (Å²) in [5, 5.41) is 0. The molecule has 1 nitrogen and oxygen atoms in total. The van der Waals surface area contributed by atoms with E-state index in [9.17, 15) is 13.2 Å². The van der Waals surface area contributed by atoms with Gasteiger partial charge in [0.25, 0.3) is 0 Å². The van der Waals surface area contributed by atoms with Gasteiger partial charge < -0.3 is 4.74 Å². The van der Waals surface area contributed by atoms with Crippen molar-refractivity contribution in [1.82, 2.24) is 0 Å². The molecule has 0 aliphatic heterocycles. The zero-order valence-electron chi connectivity index (χ0n) is 6.00. The topological polar surface area (TPSA) is 9.23 Å². The number of halogens is 4. The highest BCUT2D eigenvalue weighted by Crippen LogP contribution is 2.29. The molecule has 0 fully saturated rings. The molecule has 0 saturated heterocycles. The molecule has 1 aromatic rings. The summed E-state index contributed by atoms with van der Waals surface area (Å²) >= 11 is 2.71. The number of benzene rings is 1. The smallest absolute Gasteiger partial charge is 0.203 e. The van der Waals surface area contributed by atoms with Crippen molar-refractivity contribution in [1.29, 1.82) is 0 Å². The molecule has 0 atom stereocenters. The molecule has 1 rings (SSSR count). The van der Waals surface area contributed by atoms with E-state index in [4.69, 9.17) is 0 Å². The van der Waals surface area contributed by atoms with Gasteiger partial charge in [-0.05, 0) is 22.0 Å². The standard InChI is InChI=1S/C7H4BrF3O/c1-12-7-5(10)3(8)2-4(9)6(7)11/h2H,1H3. The van der Waals surface area contributed by atoms with Crippen LogP contribution < -0.4 is 4.74 Å². The Morgan fingerprint density at radius 1 is 1.25 bits per heavy atom. The van der Waals surface area contributed by atoms with Crippen molar-refractivity contribution in [2.75, 3.05) is 7.11 Å². The fraction of sp³-hybridized carbons (Fsp3) is 0.143. The third kappa shape index (κ3) is 1.41. The molecular formula is C7H4BrF3O. The maximum absolute atomic E-state index is 12.9. The largest absolute Gasteiger partial charge is 0.491 e. The first-order valence-electron chi connectivity index (χ1n) is 2.95. The van der Waals surface area contributed by atoms with Gasteiger partial charge in [-0.1, -0.05) is 0 Å². The molecule has 0 aliphatic rings. The van der Waals surface area contributed by atoms with Crippen LogP contribution >= 0.6 is 15.9 Å². The Morgan fingerprint density at radius 2 is 1.83 bits per heavy atom. The summed E-state index contributed by atoms with van der Waals surface area (Å²) in [7, 11) is 1.06. The molecule has 66 valence electrons. The van der Waals surface area contributed by atoms with Gasteiger partial charge >= 0.3 is 0 Å². The molecule has 0 saturated carbocycles. The number of methoxy groups -OCH3 is 1. The third-order valence-electron chi connectivity index (χ3n) is 1.28. The first-order chi connectivity index (χ1) is 5.57. The second kappa shape index (κ2) is 3.35. The van der Waals surface area contributed by atoms with Crippen LogP contribution in [0.25, 0.3) is 0 Å². The second-order valence-electron chi connectivity index (χ2n) is 2.00. The number of hydrogen-bond acceptors (Lipinski definition) is 1. The molecule has 0 bridgehead atoms. The molecule has 0 aliphatic carbocycles. The van der Waals surface area contributed by atoms with Crippen LogP contribution in [0.4, 0.5) is 13.2 Å². The van der Waals surface area contributed by atoms with E-state index in [0.29, 0.717) is 6.07 Å². The quantitative estimate of drug-likeness (QED) is 0.687. The van der Waals surface area contributed by atoms with Crippen LogP contribution in [0.15, 0.2) is 10.5 Å². The zero-order valence-corrected chi connectivity index (χ0v) is 7.58. The van der Waals surface area contributed by atoms with Crippen molar-refractivity contribution in [2.45, 2.75) is 0 Å². The van der Waals surface area contributed by atoms with Crippen LogP contribution in [0.3, 0.4) is 0 Å². The average Bonchev–Trinajstić information content (AvgIpc) is 2.02. The van der Waals surface area contributed by atoms with Crippen molar-refractivity contribution in [3.63, 3.8) is 0 Å². The maximum Gasteiger partial charge on any atom is 0.203 e. The fourth-order valence-electron chi connectivity index (χ4n) is 0.730. The van der Waals surface area contributed by atoms with E-state index in [-0.39, 0.29) is 4.47 Å². The van der Waals surface area contributed by atoms with Crippen LogP contribution in [0.1, 0.15) is 0 Å². The van der Waals surface area contributed by atoms with Crippen LogP contribution in [0, 0.1) is 17.5 Å². The Morgan fingerprint density at radius 3 is 2.33 bits per heavy atom. The summed E-state index contributed by atoms with van der Waals surface area (Å²) in [5.41, 5.74) is 0. The van der Waals surface area contributed by atoms with Gasteiger partial charge in [-0.3, -0.25) is 0 Å². The minimum Gasteiger partial charge on any atom is -0.491 e. The molecule has 0 unspecified atom stereocenters. The highest BCUT2D eigenvalue weighted by molar-refractivity contribution is 9.10. The molecule has 0 aromatic heterocycles. The average molecular weight is 241 g/mol. The van der Waals surface area contributed by atoms with Gasteiger partial charge in [0.05, 0.1) is 11.6 Å². The maximum atomic E-state index is 12.9.